The Bertz CT molecular complexity index is 825. The normalized spacial score (nSPS) is 20.2. The third-order valence-corrected chi connectivity index (χ3v) is 5.41. The second-order valence-electron chi connectivity index (χ2n) is 7.49. The van der Waals surface area contributed by atoms with Crippen molar-refractivity contribution in [3.63, 3.8) is 0 Å². The number of likely N-dealkylation sites (tertiary alicyclic amines) is 1. The van der Waals surface area contributed by atoms with Gasteiger partial charge in [0.1, 0.15) is 5.82 Å². The van der Waals surface area contributed by atoms with Gasteiger partial charge < -0.3 is 15.1 Å². The second kappa shape index (κ2) is 7.60. The van der Waals surface area contributed by atoms with E-state index in [0.717, 1.165) is 55.1 Å². The van der Waals surface area contributed by atoms with Crippen molar-refractivity contribution >= 4 is 11.7 Å². The Kier molecular flexibility index (Phi) is 5.03. The van der Waals surface area contributed by atoms with E-state index in [0.29, 0.717) is 18.4 Å². The minimum absolute atomic E-state index is 0.0909. The van der Waals surface area contributed by atoms with Crippen LogP contribution < -0.4 is 5.32 Å². The molecule has 0 spiro atoms. The number of rotatable bonds is 3. The van der Waals surface area contributed by atoms with Gasteiger partial charge in [0.15, 0.2) is 5.82 Å². The third-order valence-electron chi connectivity index (χ3n) is 5.41. The van der Waals surface area contributed by atoms with Crippen LogP contribution in [0.3, 0.4) is 0 Å². The molecule has 142 valence electrons. The molecule has 0 bridgehead atoms. The number of carbonyl (C=O) groups excluding carboxylic acids is 1. The smallest absolute Gasteiger partial charge is 0.219 e. The number of pyridine rings is 1. The molecule has 1 atom stereocenters. The Labute approximate surface area is 159 Å². The van der Waals surface area contributed by atoms with E-state index in [1.165, 1.54) is 6.42 Å². The molecule has 2 aromatic heterocycles. The maximum Gasteiger partial charge on any atom is 0.219 e. The molecule has 4 rings (SSSR count). The van der Waals surface area contributed by atoms with Crippen LogP contribution in [0.1, 0.15) is 31.0 Å². The quantitative estimate of drug-likeness (QED) is 0.895. The maximum atomic E-state index is 11.9. The molecular formula is C20H26N6O. The van der Waals surface area contributed by atoms with Gasteiger partial charge in [-0.1, -0.05) is 0 Å². The van der Waals surface area contributed by atoms with E-state index in [4.69, 9.17) is 9.97 Å². The SMILES string of the molecule is CC(=O)N1CCc2c(nc(-c3ccncc3)nc2NC2CCCN(C)C2)C1. The number of fused-ring (bicyclic) bond motifs is 1. The van der Waals surface area contributed by atoms with E-state index in [2.05, 4.69) is 22.2 Å². The van der Waals surface area contributed by atoms with Crippen LogP contribution in [0.2, 0.25) is 0 Å². The molecule has 1 fully saturated rings. The summed E-state index contributed by atoms with van der Waals surface area (Å²) < 4.78 is 0. The number of aromatic nitrogens is 3. The zero-order valence-corrected chi connectivity index (χ0v) is 16.0. The number of piperidine rings is 1. The van der Waals surface area contributed by atoms with E-state index >= 15 is 0 Å². The molecule has 1 unspecified atom stereocenters. The topological polar surface area (TPSA) is 74.2 Å². The minimum atomic E-state index is 0.0909. The van der Waals surface area contributed by atoms with Crippen LogP contribution in [0.25, 0.3) is 11.4 Å². The van der Waals surface area contributed by atoms with Crippen molar-refractivity contribution in [3.05, 3.63) is 35.8 Å². The predicted octanol–water partition coefficient (Wildman–Crippen LogP) is 1.95. The average Bonchev–Trinajstić information content (AvgIpc) is 2.68. The van der Waals surface area contributed by atoms with E-state index in [9.17, 15) is 4.79 Å². The fourth-order valence-electron chi connectivity index (χ4n) is 3.93. The Morgan fingerprint density at radius 3 is 2.78 bits per heavy atom. The lowest BCUT2D eigenvalue weighted by atomic mass is 10.0. The summed E-state index contributed by atoms with van der Waals surface area (Å²) in [4.78, 5) is 29.8. The molecule has 4 heterocycles. The summed E-state index contributed by atoms with van der Waals surface area (Å²) in [7, 11) is 2.16. The summed E-state index contributed by atoms with van der Waals surface area (Å²) in [5.74, 6) is 1.71. The average molecular weight is 366 g/mol. The number of hydrogen-bond acceptors (Lipinski definition) is 6. The van der Waals surface area contributed by atoms with Gasteiger partial charge in [0.05, 0.1) is 12.2 Å². The molecule has 0 radical (unpaired) electrons. The number of nitrogens with one attached hydrogen (secondary N) is 1. The Morgan fingerprint density at radius 2 is 2.04 bits per heavy atom. The highest BCUT2D eigenvalue weighted by Gasteiger charge is 2.26. The molecule has 7 heteroatoms. The summed E-state index contributed by atoms with van der Waals surface area (Å²) >= 11 is 0. The molecule has 7 nitrogen and oxygen atoms in total. The van der Waals surface area contributed by atoms with Crippen molar-refractivity contribution in [1.82, 2.24) is 24.8 Å². The molecule has 1 saturated heterocycles. The number of carbonyl (C=O) groups is 1. The largest absolute Gasteiger partial charge is 0.366 e. The van der Waals surface area contributed by atoms with Crippen LogP contribution in [-0.2, 0) is 17.8 Å². The lowest BCUT2D eigenvalue weighted by Gasteiger charge is -2.33. The predicted molar refractivity (Wildman–Crippen MR) is 104 cm³/mol. The molecule has 0 saturated carbocycles. The lowest BCUT2D eigenvalue weighted by molar-refractivity contribution is -0.129. The molecule has 0 aliphatic carbocycles. The van der Waals surface area contributed by atoms with E-state index < -0.39 is 0 Å². The van der Waals surface area contributed by atoms with Crippen LogP contribution in [0.5, 0.6) is 0 Å². The van der Waals surface area contributed by atoms with E-state index in [1.807, 2.05) is 17.0 Å². The van der Waals surface area contributed by atoms with Crippen LogP contribution in [0.4, 0.5) is 5.82 Å². The Hall–Kier alpha value is -2.54. The monoisotopic (exact) mass is 366 g/mol. The molecule has 1 N–H and O–H groups in total. The number of hydrogen-bond donors (Lipinski definition) is 1. The van der Waals surface area contributed by atoms with Crippen molar-refractivity contribution in [2.75, 3.05) is 32.0 Å². The van der Waals surface area contributed by atoms with Gasteiger partial charge in [-0.2, -0.15) is 0 Å². The highest BCUT2D eigenvalue weighted by molar-refractivity contribution is 5.74. The van der Waals surface area contributed by atoms with Crippen molar-refractivity contribution in [1.29, 1.82) is 0 Å². The van der Waals surface area contributed by atoms with Crippen molar-refractivity contribution in [3.8, 4) is 11.4 Å². The fourth-order valence-corrected chi connectivity index (χ4v) is 3.93. The summed E-state index contributed by atoms with van der Waals surface area (Å²) in [6.45, 7) is 5.05. The molecule has 2 aliphatic rings. The zero-order chi connectivity index (χ0) is 18.8. The summed E-state index contributed by atoms with van der Waals surface area (Å²) in [5, 5.41) is 3.68. The standard InChI is InChI=1S/C20H26N6O/c1-14(27)26-11-7-17-18(13-26)23-19(15-5-8-21-9-6-15)24-20(17)22-16-4-3-10-25(2)12-16/h5-6,8-9,16H,3-4,7,10-13H2,1-2H3,(H,22,23,24). The van der Waals surface area contributed by atoms with Crippen molar-refractivity contribution < 1.29 is 4.79 Å². The summed E-state index contributed by atoms with van der Waals surface area (Å²) in [6.07, 6.45) is 6.63. The van der Waals surface area contributed by atoms with Gasteiger partial charge in [0.25, 0.3) is 0 Å². The lowest BCUT2D eigenvalue weighted by Crippen LogP contribution is -2.41. The zero-order valence-electron chi connectivity index (χ0n) is 16.0. The van der Waals surface area contributed by atoms with Gasteiger partial charge in [-0.3, -0.25) is 9.78 Å². The van der Waals surface area contributed by atoms with Gasteiger partial charge in [0, 0.05) is 49.6 Å². The summed E-state index contributed by atoms with van der Waals surface area (Å²) in [5.41, 5.74) is 3.04. The van der Waals surface area contributed by atoms with Gasteiger partial charge in [-0.05, 0) is 45.0 Å². The first-order valence-electron chi connectivity index (χ1n) is 9.61. The minimum Gasteiger partial charge on any atom is -0.366 e. The highest BCUT2D eigenvalue weighted by Crippen LogP contribution is 2.28. The van der Waals surface area contributed by atoms with Gasteiger partial charge >= 0.3 is 0 Å². The molecule has 0 aromatic carbocycles. The first kappa shape index (κ1) is 17.9. The third kappa shape index (κ3) is 3.93. The second-order valence-corrected chi connectivity index (χ2v) is 7.49. The fraction of sp³-hybridized carbons (Fsp3) is 0.500. The molecule has 2 aromatic rings. The Balaban J connectivity index is 1.70. The molecule has 1 amide bonds. The van der Waals surface area contributed by atoms with Gasteiger partial charge in [0.2, 0.25) is 5.91 Å². The van der Waals surface area contributed by atoms with E-state index in [1.54, 1.807) is 19.3 Å². The number of nitrogens with zero attached hydrogens (tertiary/aromatic N) is 5. The van der Waals surface area contributed by atoms with Crippen LogP contribution >= 0.6 is 0 Å². The number of amides is 1. The first-order valence-corrected chi connectivity index (χ1v) is 9.61. The van der Waals surface area contributed by atoms with Crippen molar-refractivity contribution in [2.24, 2.45) is 0 Å². The van der Waals surface area contributed by atoms with Crippen molar-refractivity contribution in [2.45, 2.75) is 38.8 Å². The molecule has 27 heavy (non-hydrogen) atoms. The highest BCUT2D eigenvalue weighted by atomic mass is 16.2. The molecule has 2 aliphatic heterocycles. The maximum absolute atomic E-state index is 11.9. The number of likely N-dealkylation sites (N-methyl/N-ethyl adjacent to an activating group) is 1. The van der Waals surface area contributed by atoms with Gasteiger partial charge in [-0.15, -0.1) is 0 Å². The van der Waals surface area contributed by atoms with Crippen LogP contribution in [0, 0.1) is 0 Å². The van der Waals surface area contributed by atoms with E-state index in [-0.39, 0.29) is 5.91 Å². The molecular weight excluding hydrogens is 340 g/mol. The Morgan fingerprint density at radius 1 is 1.22 bits per heavy atom. The number of anilines is 1. The van der Waals surface area contributed by atoms with Crippen LogP contribution in [0.15, 0.2) is 24.5 Å². The summed E-state index contributed by atoms with van der Waals surface area (Å²) in [6, 6.07) is 4.23. The first-order chi connectivity index (χ1) is 13.1. The van der Waals surface area contributed by atoms with Crippen LogP contribution in [-0.4, -0.2) is 63.4 Å². The van der Waals surface area contributed by atoms with Gasteiger partial charge in [-0.25, -0.2) is 9.97 Å².